The quantitative estimate of drug-likeness (QED) is 0.340. The number of aromatic nitrogens is 1. The monoisotopic (exact) mass is 481 g/mol. The lowest BCUT2D eigenvalue weighted by atomic mass is 9.88. The zero-order chi connectivity index (χ0) is 24.8. The van der Waals surface area contributed by atoms with Gasteiger partial charge >= 0.3 is 0 Å². The van der Waals surface area contributed by atoms with Crippen molar-refractivity contribution in [1.82, 2.24) is 4.98 Å². The van der Waals surface area contributed by atoms with Crippen LogP contribution in [0.3, 0.4) is 0 Å². The van der Waals surface area contributed by atoms with Crippen LogP contribution in [0, 0.1) is 5.92 Å². The number of nitrogens with zero attached hydrogens (tertiary/aromatic N) is 1. The van der Waals surface area contributed by atoms with Crippen molar-refractivity contribution < 1.29 is 18.3 Å². The molecule has 0 amide bonds. The van der Waals surface area contributed by atoms with E-state index in [2.05, 4.69) is 24.0 Å². The van der Waals surface area contributed by atoms with E-state index in [-0.39, 0.29) is 12.0 Å². The summed E-state index contributed by atoms with van der Waals surface area (Å²) < 4.78 is 40.9. The fraction of sp³-hybridized carbons (Fsp3) is 0.500. The Morgan fingerprint density at radius 3 is 2.40 bits per heavy atom. The van der Waals surface area contributed by atoms with E-state index in [0.29, 0.717) is 30.3 Å². The summed E-state index contributed by atoms with van der Waals surface area (Å²) in [5, 5.41) is 0. The Bertz CT molecular complexity index is 1020. The molecule has 0 radical (unpaired) electrons. The maximum Gasteiger partial charge on any atom is 0.165 e. The minimum Gasteiger partial charge on any atom is -0.373 e. The number of aryl methyl sites for hydroxylation is 1. The van der Waals surface area contributed by atoms with Crippen LogP contribution in [-0.4, -0.2) is 24.3 Å². The number of allylic oxidation sites excluding steroid dienone is 2. The van der Waals surface area contributed by atoms with E-state index in [1.165, 1.54) is 30.5 Å². The van der Waals surface area contributed by atoms with Crippen LogP contribution in [0.5, 0.6) is 0 Å². The molecule has 1 aromatic carbocycles. The lowest BCUT2D eigenvalue weighted by molar-refractivity contribution is 0.00231. The molecule has 4 atom stereocenters. The Morgan fingerprint density at radius 2 is 1.77 bits per heavy atom. The van der Waals surface area contributed by atoms with Gasteiger partial charge in [-0.15, -0.1) is 0 Å². The standard InChI is InChI=1S/C30H37F2NO2/c1-4-6-7-8-25-15-13-23(18-33-25)24-14-16-27(35-19-24)22-11-9-21(10-12-22)26-17-20(3)30(34-5-2)29(32)28(26)31/h9-13,15,17-18,20,24,27,30H,4-8,14,16,19H2,1-3H3. The highest BCUT2D eigenvalue weighted by Crippen LogP contribution is 2.39. The number of benzene rings is 1. The highest BCUT2D eigenvalue weighted by atomic mass is 19.2. The molecule has 1 aliphatic carbocycles. The molecule has 35 heavy (non-hydrogen) atoms. The molecule has 2 aromatic rings. The van der Waals surface area contributed by atoms with Crippen molar-refractivity contribution in [3.8, 4) is 0 Å². The van der Waals surface area contributed by atoms with Crippen molar-refractivity contribution in [1.29, 1.82) is 0 Å². The second-order valence-electron chi connectivity index (χ2n) is 9.74. The Kier molecular flexibility index (Phi) is 8.85. The Hall–Kier alpha value is -2.37. The molecule has 1 aromatic heterocycles. The van der Waals surface area contributed by atoms with Crippen LogP contribution in [-0.2, 0) is 15.9 Å². The summed E-state index contributed by atoms with van der Waals surface area (Å²) in [5.41, 5.74) is 4.44. The molecule has 1 aliphatic heterocycles. The summed E-state index contributed by atoms with van der Waals surface area (Å²) in [7, 11) is 0. The van der Waals surface area contributed by atoms with E-state index < -0.39 is 17.8 Å². The summed E-state index contributed by atoms with van der Waals surface area (Å²) in [5.74, 6) is -1.51. The average molecular weight is 482 g/mol. The predicted molar refractivity (Wildman–Crippen MR) is 136 cm³/mol. The fourth-order valence-corrected chi connectivity index (χ4v) is 5.07. The van der Waals surface area contributed by atoms with Crippen LogP contribution in [0.15, 0.2) is 60.3 Å². The first-order valence-electron chi connectivity index (χ1n) is 13.1. The summed E-state index contributed by atoms with van der Waals surface area (Å²) in [6.45, 7) is 6.85. The molecule has 0 bridgehead atoms. The van der Waals surface area contributed by atoms with Gasteiger partial charge in [0, 0.05) is 35.9 Å². The second-order valence-corrected chi connectivity index (χ2v) is 9.74. The van der Waals surface area contributed by atoms with Gasteiger partial charge in [0.05, 0.1) is 12.7 Å². The number of hydrogen-bond acceptors (Lipinski definition) is 3. The van der Waals surface area contributed by atoms with Gasteiger partial charge in [0.25, 0.3) is 0 Å². The van der Waals surface area contributed by atoms with E-state index in [1.54, 1.807) is 13.0 Å². The van der Waals surface area contributed by atoms with Gasteiger partial charge in [-0.05, 0) is 55.4 Å². The van der Waals surface area contributed by atoms with E-state index in [0.717, 1.165) is 24.8 Å². The smallest absolute Gasteiger partial charge is 0.165 e. The lowest BCUT2D eigenvalue weighted by Crippen LogP contribution is -2.25. The number of pyridine rings is 1. The van der Waals surface area contributed by atoms with E-state index in [9.17, 15) is 8.78 Å². The van der Waals surface area contributed by atoms with Crippen molar-refractivity contribution in [3.05, 3.63) is 82.7 Å². The summed E-state index contributed by atoms with van der Waals surface area (Å²) in [6.07, 6.45) is 9.60. The maximum absolute atomic E-state index is 14.8. The Labute approximate surface area is 208 Å². The van der Waals surface area contributed by atoms with Gasteiger partial charge in [-0.2, -0.15) is 0 Å². The first kappa shape index (κ1) is 25.7. The van der Waals surface area contributed by atoms with Gasteiger partial charge in [0.15, 0.2) is 11.7 Å². The lowest BCUT2D eigenvalue weighted by Gasteiger charge is -2.30. The summed E-state index contributed by atoms with van der Waals surface area (Å²) in [6, 6.07) is 12.0. The normalized spacial score (nSPS) is 25.0. The van der Waals surface area contributed by atoms with Gasteiger partial charge in [0.2, 0.25) is 0 Å². The minimum absolute atomic E-state index is 0.0142. The molecular formula is C30H37F2NO2. The molecule has 0 spiro atoms. The Balaban J connectivity index is 1.35. The topological polar surface area (TPSA) is 31.4 Å². The number of ether oxygens (including phenoxy) is 2. The van der Waals surface area contributed by atoms with Crippen molar-refractivity contribution in [2.75, 3.05) is 13.2 Å². The summed E-state index contributed by atoms with van der Waals surface area (Å²) >= 11 is 0. The third-order valence-corrected chi connectivity index (χ3v) is 7.17. The third-order valence-electron chi connectivity index (χ3n) is 7.17. The first-order valence-corrected chi connectivity index (χ1v) is 13.1. The minimum atomic E-state index is -0.848. The molecular weight excluding hydrogens is 444 g/mol. The molecule has 1 fully saturated rings. The van der Waals surface area contributed by atoms with Gasteiger partial charge in [-0.25, -0.2) is 8.78 Å². The highest BCUT2D eigenvalue weighted by Gasteiger charge is 2.32. The van der Waals surface area contributed by atoms with Crippen molar-refractivity contribution >= 4 is 5.57 Å². The van der Waals surface area contributed by atoms with Gasteiger partial charge in [0.1, 0.15) is 6.10 Å². The number of unbranched alkanes of at least 4 members (excludes halogenated alkanes) is 2. The molecule has 0 N–H and O–H groups in total. The van der Waals surface area contributed by atoms with Gasteiger partial charge < -0.3 is 9.47 Å². The zero-order valence-corrected chi connectivity index (χ0v) is 21.1. The molecule has 4 rings (SSSR count). The van der Waals surface area contributed by atoms with E-state index in [1.807, 2.05) is 37.4 Å². The SMILES string of the molecule is CCCCCc1ccc(C2CCC(c3ccc(C4=CC(C)C(OCC)C(F)=C4F)cc3)OC2)cn1. The van der Waals surface area contributed by atoms with Crippen LogP contribution < -0.4 is 0 Å². The van der Waals surface area contributed by atoms with Gasteiger partial charge in [-0.3, -0.25) is 4.98 Å². The van der Waals surface area contributed by atoms with Crippen molar-refractivity contribution in [2.24, 2.45) is 5.92 Å². The Morgan fingerprint density at radius 1 is 1.00 bits per heavy atom. The van der Waals surface area contributed by atoms with E-state index >= 15 is 0 Å². The number of hydrogen-bond donors (Lipinski definition) is 0. The van der Waals surface area contributed by atoms with Crippen LogP contribution in [0.1, 0.15) is 87.3 Å². The summed E-state index contributed by atoms with van der Waals surface area (Å²) in [4.78, 5) is 4.66. The molecule has 2 heterocycles. The second kappa shape index (κ2) is 12.0. The average Bonchev–Trinajstić information content (AvgIpc) is 2.89. The number of rotatable bonds is 9. The molecule has 1 saturated heterocycles. The van der Waals surface area contributed by atoms with Crippen LogP contribution >= 0.6 is 0 Å². The molecule has 5 heteroatoms. The molecule has 2 aliphatic rings. The largest absolute Gasteiger partial charge is 0.373 e. The van der Waals surface area contributed by atoms with Crippen LogP contribution in [0.25, 0.3) is 5.57 Å². The zero-order valence-electron chi connectivity index (χ0n) is 21.1. The van der Waals surface area contributed by atoms with Crippen molar-refractivity contribution in [2.45, 2.75) is 77.4 Å². The predicted octanol–water partition coefficient (Wildman–Crippen LogP) is 8.04. The molecule has 0 saturated carbocycles. The molecule has 4 unspecified atom stereocenters. The third kappa shape index (κ3) is 6.07. The van der Waals surface area contributed by atoms with Crippen LogP contribution in [0.4, 0.5) is 8.78 Å². The van der Waals surface area contributed by atoms with Gasteiger partial charge in [-0.1, -0.05) is 63.1 Å². The fourth-order valence-electron chi connectivity index (χ4n) is 5.07. The highest BCUT2D eigenvalue weighted by molar-refractivity contribution is 5.79. The van der Waals surface area contributed by atoms with Crippen LogP contribution in [0.2, 0.25) is 0 Å². The first-order chi connectivity index (χ1) is 17.0. The van der Waals surface area contributed by atoms with Crippen molar-refractivity contribution in [3.63, 3.8) is 0 Å². The molecule has 188 valence electrons. The molecule has 3 nitrogen and oxygen atoms in total. The maximum atomic E-state index is 14.8. The van der Waals surface area contributed by atoms with E-state index in [4.69, 9.17) is 9.47 Å². The number of halogens is 2.